The number of rotatable bonds is 5. The van der Waals surface area contributed by atoms with Crippen molar-refractivity contribution in [2.24, 2.45) is 0 Å². The number of nitrogens with one attached hydrogen (secondary N) is 1. The van der Waals surface area contributed by atoms with E-state index in [-0.39, 0.29) is 6.04 Å². The Morgan fingerprint density at radius 1 is 1.09 bits per heavy atom. The molecule has 2 aromatic carbocycles. The Bertz CT molecular complexity index is 642. The van der Waals surface area contributed by atoms with E-state index in [4.69, 9.17) is 14.2 Å². The van der Waals surface area contributed by atoms with Gasteiger partial charge in [0.15, 0.2) is 11.5 Å². The Balaban J connectivity index is 1.78. The van der Waals surface area contributed by atoms with Crippen molar-refractivity contribution in [3.63, 3.8) is 0 Å². The van der Waals surface area contributed by atoms with Crippen LogP contribution in [0, 0.1) is 0 Å². The molecule has 1 aliphatic heterocycles. The molecule has 2 aromatic rings. The van der Waals surface area contributed by atoms with Gasteiger partial charge in [-0.2, -0.15) is 0 Å². The first-order valence-electron chi connectivity index (χ1n) is 7.66. The van der Waals surface area contributed by atoms with E-state index in [2.05, 4.69) is 18.3 Å². The maximum absolute atomic E-state index is 5.70. The van der Waals surface area contributed by atoms with Crippen molar-refractivity contribution in [1.82, 2.24) is 0 Å². The molecule has 1 unspecified atom stereocenters. The lowest BCUT2D eigenvalue weighted by molar-refractivity contribution is 0.171. The first kappa shape index (κ1) is 14.6. The maximum Gasteiger partial charge on any atom is 0.163 e. The minimum atomic E-state index is 0.130. The number of benzene rings is 2. The molecule has 4 heteroatoms. The summed E-state index contributed by atoms with van der Waals surface area (Å²) in [6.07, 6.45) is 0. The van der Waals surface area contributed by atoms with Gasteiger partial charge in [0.25, 0.3) is 0 Å². The molecule has 0 spiro atoms. The summed E-state index contributed by atoms with van der Waals surface area (Å²) >= 11 is 0. The monoisotopic (exact) mass is 299 g/mol. The summed E-state index contributed by atoms with van der Waals surface area (Å²) in [7, 11) is 0. The first-order valence-corrected chi connectivity index (χ1v) is 7.66. The highest BCUT2D eigenvalue weighted by Gasteiger charge is 2.14. The van der Waals surface area contributed by atoms with Crippen LogP contribution in [0.4, 0.5) is 5.69 Å². The zero-order chi connectivity index (χ0) is 15.4. The number of hydrogen-bond acceptors (Lipinski definition) is 4. The van der Waals surface area contributed by atoms with Gasteiger partial charge in [-0.1, -0.05) is 18.2 Å². The van der Waals surface area contributed by atoms with Crippen LogP contribution < -0.4 is 19.5 Å². The van der Waals surface area contributed by atoms with Gasteiger partial charge in [-0.15, -0.1) is 0 Å². The molecule has 0 aromatic heterocycles. The fourth-order valence-corrected chi connectivity index (χ4v) is 2.59. The van der Waals surface area contributed by atoms with E-state index < -0.39 is 0 Å². The van der Waals surface area contributed by atoms with Crippen molar-refractivity contribution in [2.75, 3.05) is 25.1 Å². The van der Waals surface area contributed by atoms with Crippen LogP contribution in [0.15, 0.2) is 42.5 Å². The standard InChI is InChI=1S/C18H21NO3/c1-3-20-16-7-5-4-6-15(16)13(2)19-14-8-9-17-18(12-14)22-11-10-21-17/h4-9,12-13,19H,3,10-11H2,1-2H3. The largest absolute Gasteiger partial charge is 0.494 e. The van der Waals surface area contributed by atoms with Crippen LogP contribution in [0.5, 0.6) is 17.2 Å². The van der Waals surface area contributed by atoms with Crippen molar-refractivity contribution in [3.05, 3.63) is 48.0 Å². The summed E-state index contributed by atoms with van der Waals surface area (Å²) in [5, 5.41) is 3.49. The van der Waals surface area contributed by atoms with Gasteiger partial charge < -0.3 is 19.5 Å². The lowest BCUT2D eigenvalue weighted by Gasteiger charge is -2.22. The Hall–Kier alpha value is -2.36. The Morgan fingerprint density at radius 2 is 1.86 bits per heavy atom. The molecule has 0 aliphatic carbocycles. The summed E-state index contributed by atoms with van der Waals surface area (Å²) in [6, 6.07) is 14.2. The Kier molecular flexibility index (Phi) is 4.37. The summed E-state index contributed by atoms with van der Waals surface area (Å²) in [5.41, 5.74) is 2.14. The van der Waals surface area contributed by atoms with E-state index in [9.17, 15) is 0 Å². The molecule has 4 nitrogen and oxygen atoms in total. The van der Waals surface area contributed by atoms with Crippen LogP contribution in [0.2, 0.25) is 0 Å². The van der Waals surface area contributed by atoms with Crippen LogP contribution in [-0.2, 0) is 0 Å². The third kappa shape index (κ3) is 3.11. The molecule has 0 saturated carbocycles. The molecule has 1 aliphatic rings. The highest BCUT2D eigenvalue weighted by molar-refractivity contribution is 5.56. The molecule has 1 atom stereocenters. The SMILES string of the molecule is CCOc1ccccc1C(C)Nc1ccc2c(c1)OCCO2. The summed E-state index contributed by atoms with van der Waals surface area (Å²) in [6.45, 7) is 5.98. The smallest absolute Gasteiger partial charge is 0.163 e. The van der Waals surface area contributed by atoms with Crippen molar-refractivity contribution in [1.29, 1.82) is 0 Å². The van der Waals surface area contributed by atoms with Gasteiger partial charge >= 0.3 is 0 Å². The van der Waals surface area contributed by atoms with Crippen LogP contribution in [-0.4, -0.2) is 19.8 Å². The minimum absolute atomic E-state index is 0.130. The van der Waals surface area contributed by atoms with Crippen molar-refractivity contribution in [2.45, 2.75) is 19.9 Å². The third-order valence-corrected chi connectivity index (χ3v) is 3.61. The second-order valence-corrected chi connectivity index (χ2v) is 5.20. The number of ether oxygens (including phenoxy) is 3. The van der Waals surface area contributed by atoms with Gasteiger partial charge in [-0.25, -0.2) is 0 Å². The molecular formula is C18H21NO3. The Labute approximate surface area is 131 Å². The van der Waals surface area contributed by atoms with Crippen LogP contribution in [0.1, 0.15) is 25.5 Å². The van der Waals surface area contributed by atoms with Gasteiger partial charge in [-0.05, 0) is 32.0 Å². The van der Waals surface area contributed by atoms with Crippen LogP contribution in [0.3, 0.4) is 0 Å². The number of anilines is 1. The van der Waals surface area contributed by atoms with Crippen molar-refractivity contribution < 1.29 is 14.2 Å². The van der Waals surface area contributed by atoms with Gasteiger partial charge in [0.05, 0.1) is 12.6 Å². The van der Waals surface area contributed by atoms with Crippen LogP contribution >= 0.6 is 0 Å². The molecule has 0 saturated heterocycles. The topological polar surface area (TPSA) is 39.7 Å². The predicted octanol–water partition coefficient (Wildman–Crippen LogP) is 4.03. The summed E-state index contributed by atoms with van der Waals surface area (Å²) in [5.74, 6) is 2.52. The highest BCUT2D eigenvalue weighted by Crippen LogP contribution is 2.34. The third-order valence-electron chi connectivity index (χ3n) is 3.61. The van der Waals surface area contributed by atoms with Crippen LogP contribution in [0.25, 0.3) is 0 Å². The maximum atomic E-state index is 5.70. The molecule has 22 heavy (non-hydrogen) atoms. The molecule has 1 N–H and O–H groups in total. The molecule has 0 bridgehead atoms. The molecule has 0 amide bonds. The molecule has 0 radical (unpaired) electrons. The summed E-state index contributed by atoms with van der Waals surface area (Å²) < 4.78 is 16.9. The van der Waals surface area contributed by atoms with E-state index in [1.54, 1.807) is 0 Å². The first-order chi connectivity index (χ1) is 10.8. The van der Waals surface area contributed by atoms with Gasteiger partial charge in [0, 0.05) is 17.3 Å². The lowest BCUT2D eigenvalue weighted by Crippen LogP contribution is -2.15. The quantitative estimate of drug-likeness (QED) is 0.905. The van der Waals surface area contributed by atoms with Gasteiger partial charge in [-0.3, -0.25) is 0 Å². The molecular weight excluding hydrogens is 278 g/mol. The van der Waals surface area contributed by atoms with Gasteiger partial charge in [0.2, 0.25) is 0 Å². The molecule has 0 fully saturated rings. The lowest BCUT2D eigenvalue weighted by atomic mass is 10.1. The second kappa shape index (κ2) is 6.60. The molecule has 3 rings (SSSR count). The predicted molar refractivity (Wildman–Crippen MR) is 87.1 cm³/mol. The van der Waals surface area contributed by atoms with Crippen molar-refractivity contribution >= 4 is 5.69 Å². The fourth-order valence-electron chi connectivity index (χ4n) is 2.59. The van der Waals surface area contributed by atoms with E-state index >= 15 is 0 Å². The molecule has 116 valence electrons. The van der Waals surface area contributed by atoms with E-state index in [0.29, 0.717) is 19.8 Å². The average Bonchev–Trinajstić information content (AvgIpc) is 2.55. The van der Waals surface area contributed by atoms with Gasteiger partial charge in [0.1, 0.15) is 19.0 Å². The number of hydrogen-bond donors (Lipinski definition) is 1. The van der Waals surface area contributed by atoms with Crippen molar-refractivity contribution in [3.8, 4) is 17.2 Å². The van der Waals surface area contributed by atoms with E-state index in [1.165, 1.54) is 0 Å². The van der Waals surface area contributed by atoms with E-state index in [0.717, 1.165) is 28.5 Å². The number of para-hydroxylation sites is 1. The summed E-state index contributed by atoms with van der Waals surface area (Å²) in [4.78, 5) is 0. The normalized spacial score (nSPS) is 14.3. The second-order valence-electron chi connectivity index (χ2n) is 5.20. The zero-order valence-electron chi connectivity index (χ0n) is 13.0. The Morgan fingerprint density at radius 3 is 2.68 bits per heavy atom. The average molecular weight is 299 g/mol. The fraction of sp³-hybridized carbons (Fsp3) is 0.333. The minimum Gasteiger partial charge on any atom is -0.494 e. The zero-order valence-corrected chi connectivity index (χ0v) is 13.0. The number of fused-ring (bicyclic) bond motifs is 1. The molecule has 1 heterocycles. The highest BCUT2D eigenvalue weighted by atomic mass is 16.6. The van der Waals surface area contributed by atoms with E-state index in [1.807, 2.05) is 43.3 Å².